The zero-order valence-corrected chi connectivity index (χ0v) is 12.4. The van der Waals surface area contributed by atoms with Gasteiger partial charge in [0.2, 0.25) is 0 Å². The zero-order chi connectivity index (χ0) is 15.2. The van der Waals surface area contributed by atoms with Gasteiger partial charge in [0.25, 0.3) is 5.91 Å². The summed E-state index contributed by atoms with van der Waals surface area (Å²) in [6.07, 6.45) is 3.67. The van der Waals surface area contributed by atoms with Crippen LogP contribution in [0.1, 0.15) is 26.7 Å². The van der Waals surface area contributed by atoms with Gasteiger partial charge >= 0.3 is 0 Å². The van der Waals surface area contributed by atoms with Crippen LogP contribution in [-0.2, 0) is 4.79 Å². The van der Waals surface area contributed by atoms with Gasteiger partial charge in [0.15, 0.2) is 6.61 Å². The van der Waals surface area contributed by atoms with E-state index in [0.29, 0.717) is 17.0 Å². The number of amides is 1. The van der Waals surface area contributed by atoms with Crippen LogP contribution in [0, 0.1) is 0 Å². The highest BCUT2D eigenvalue weighted by Gasteiger charge is 2.10. The molecule has 0 spiro atoms. The van der Waals surface area contributed by atoms with Crippen LogP contribution in [0.4, 0.5) is 5.69 Å². The first kappa shape index (κ1) is 15.1. The Kier molecular flexibility index (Phi) is 4.98. The highest BCUT2D eigenvalue weighted by molar-refractivity contribution is 5.94. The molecule has 5 nitrogen and oxygen atoms in total. The lowest BCUT2D eigenvalue weighted by Gasteiger charge is -2.14. The summed E-state index contributed by atoms with van der Waals surface area (Å²) in [5.41, 5.74) is 7.22. The molecule has 0 bridgehead atoms. The van der Waals surface area contributed by atoms with Crippen molar-refractivity contribution in [2.24, 2.45) is 0 Å². The lowest BCUT2D eigenvalue weighted by atomic mass is 10.1. The quantitative estimate of drug-likeness (QED) is 0.800. The van der Waals surface area contributed by atoms with Crippen LogP contribution < -0.4 is 15.8 Å². The summed E-state index contributed by atoms with van der Waals surface area (Å²) in [6.45, 7) is 4.05. The van der Waals surface area contributed by atoms with E-state index in [0.717, 1.165) is 18.2 Å². The molecule has 0 aliphatic rings. The number of nitrogens with one attached hydrogen (secondary N) is 1. The lowest BCUT2D eigenvalue weighted by Crippen LogP contribution is -2.35. The minimum absolute atomic E-state index is 0.0242. The summed E-state index contributed by atoms with van der Waals surface area (Å²) in [4.78, 5) is 16.1. The predicted octanol–water partition coefficient (Wildman–Crippen LogP) is 2.50. The number of carbonyl (C=O) groups is 1. The van der Waals surface area contributed by atoms with Gasteiger partial charge in [0.05, 0.1) is 0 Å². The highest BCUT2D eigenvalue weighted by Crippen LogP contribution is 2.27. The SMILES string of the molecule is CCCC(C)NC(=O)COc1ccc(N)c2cccnc12. The monoisotopic (exact) mass is 287 g/mol. The fraction of sp³-hybridized carbons (Fsp3) is 0.375. The van der Waals surface area contributed by atoms with Crippen LogP contribution >= 0.6 is 0 Å². The summed E-state index contributed by atoms with van der Waals surface area (Å²) < 4.78 is 5.58. The maximum atomic E-state index is 11.8. The van der Waals surface area contributed by atoms with Crippen molar-refractivity contribution in [1.82, 2.24) is 10.3 Å². The third-order valence-corrected chi connectivity index (χ3v) is 3.25. The molecular weight excluding hydrogens is 266 g/mol. The number of hydrogen-bond donors (Lipinski definition) is 2. The Bertz CT molecular complexity index is 628. The second kappa shape index (κ2) is 6.92. The molecule has 21 heavy (non-hydrogen) atoms. The van der Waals surface area contributed by atoms with Gasteiger partial charge in [-0.1, -0.05) is 13.3 Å². The van der Waals surface area contributed by atoms with Crippen LogP contribution in [0.15, 0.2) is 30.5 Å². The third kappa shape index (κ3) is 3.84. The van der Waals surface area contributed by atoms with Gasteiger partial charge in [0.1, 0.15) is 11.3 Å². The molecule has 2 aromatic rings. The Balaban J connectivity index is 2.04. The fourth-order valence-corrected chi connectivity index (χ4v) is 2.25. The number of anilines is 1. The molecule has 0 saturated carbocycles. The Labute approximate surface area is 124 Å². The molecule has 112 valence electrons. The number of nitrogens with zero attached hydrogens (tertiary/aromatic N) is 1. The molecule has 2 rings (SSSR count). The highest BCUT2D eigenvalue weighted by atomic mass is 16.5. The molecule has 0 radical (unpaired) electrons. The van der Waals surface area contributed by atoms with Crippen LogP contribution in [0.5, 0.6) is 5.75 Å². The van der Waals surface area contributed by atoms with E-state index < -0.39 is 0 Å². The number of aromatic nitrogens is 1. The summed E-state index contributed by atoms with van der Waals surface area (Å²) in [6, 6.07) is 7.37. The third-order valence-electron chi connectivity index (χ3n) is 3.25. The average Bonchev–Trinajstić information content (AvgIpc) is 2.47. The topological polar surface area (TPSA) is 77.2 Å². The van der Waals surface area contributed by atoms with Crippen molar-refractivity contribution >= 4 is 22.5 Å². The standard InChI is InChI=1S/C16H21N3O2/c1-3-5-11(2)19-15(20)10-21-14-8-7-13(17)12-6-4-9-18-16(12)14/h4,6-9,11H,3,5,10,17H2,1-2H3,(H,19,20). The molecule has 1 unspecified atom stereocenters. The van der Waals surface area contributed by atoms with E-state index in [1.807, 2.05) is 19.1 Å². The van der Waals surface area contributed by atoms with Crippen molar-refractivity contribution in [3.8, 4) is 5.75 Å². The number of rotatable bonds is 6. The summed E-state index contributed by atoms with van der Waals surface area (Å²) in [5, 5.41) is 3.73. The molecule has 0 saturated heterocycles. The van der Waals surface area contributed by atoms with Crippen molar-refractivity contribution in [1.29, 1.82) is 0 Å². The predicted molar refractivity (Wildman–Crippen MR) is 84.2 cm³/mol. The fourth-order valence-electron chi connectivity index (χ4n) is 2.25. The van der Waals surface area contributed by atoms with Crippen LogP contribution in [0.3, 0.4) is 0 Å². The van der Waals surface area contributed by atoms with Crippen molar-refractivity contribution in [2.75, 3.05) is 12.3 Å². The number of benzene rings is 1. The van der Waals surface area contributed by atoms with Crippen molar-refractivity contribution in [3.63, 3.8) is 0 Å². The average molecular weight is 287 g/mol. The molecular formula is C16H21N3O2. The maximum absolute atomic E-state index is 11.8. The number of pyridine rings is 1. The smallest absolute Gasteiger partial charge is 0.258 e. The molecule has 0 aliphatic carbocycles. The van der Waals surface area contributed by atoms with E-state index >= 15 is 0 Å². The molecule has 1 amide bonds. The van der Waals surface area contributed by atoms with E-state index in [1.54, 1.807) is 18.3 Å². The van der Waals surface area contributed by atoms with Crippen molar-refractivity contribution < 1.29 is 9.53 Å². The zero-order valence-electron chi connectivity index (χ0n) is 12.4. The maximum Gasteiger partial charge on any atom is 0.258 e. The molecule has 1 aromatic heterocycles. The minimum Gasteiger partial charge on any atom is -0.481 e. The molecule has 0 fully saturated rings. The van der Waals surface area contributed by atoms with E-state index in [4.69, 9.17) is 10.5 Å². The normalized spacial score (nSPS) is 12.1. The van der Waals surface area contributed by atoms with Gasteiger partial charge in [0, 0.05) is 23.3 Å². The second-order valence-electron chi connectivity index (χ2n) is 5.10. The van der Waals surface area contributed by atoms with Gasteiger partial charge in [-0.2, -0.15) is 0 Å². The molecule has 3 N–H and O–H groups in total. The first-order valence-electron chi connectivity index (χ1n) is 7.17. The van der Waals surface area contributed by atoms with Gasteiger partial charge in [-0.05, 0) is 37.6 Å². The molecule has 1 aromatic carbocycles. The molecule has 5 heteroatoms. The van der Waals surface area contributed by atoms with E-state index in [-0.39, 0.29) is 18.6 Å². The molecule has 1 heterocycles. The van der Waals surface area contributed by atoms with Gasteiger partial charge < -0.3 is 15.8 Å². The van der Waals surface area contributed by atoms with E-state index in [1.165, 1.54) is 0 Å². The van der Waals surface area contributed by atoms with Gasteiger partial charge in [-0.25, -0.2) is 0 Å². The first-order valence-corrected chi connectivity index (χ1v) is 7.17. The first-order chi connectivity index (χ1) is 10.1. The molecule has 1 atom stereocenters. The summed E-state index contributed by atoms with van der Waals surface area (Å²) >= 11 is 0. The number of carbonyl (C=O) groups excluding carboxylic acids is 1. The summed E-state index contributed by atoms with van der Waals surface area (Å²) in [5.74, 6) is 0.440. The van der Waals surface area contributed by atoms with E-state index in [9.17, 15) is 4.79 Å². The largest absolute Gasteiger partial charge is 0.481 e. The van der Waals surface area contributed by atoms with Gasteiger partial charge in [-0.15, -0.1) is 0 Å². The van der Waals surface area contributed by atoms with Crippen LogP contribution in [0.2, 0.25) is 0 Å². The van der Waals surface area contributed by atoms with Gasteiger partial charge in [-0.3, -0.25) is 9.78 Å². The summed E-state index contributed by atoms with van der Waals surface area (Å²) in [7, 11) is 0. The van der Waals surface area contributed by atoms with Crippen LogP contribution in [-0.4, -0.2) is 23.5 Å². The number of nitrogens with two attached hydrogens (primary N) is 1. The minimum atomic E-state index is -0.128. The van der Waals surface area contributed by atoms with Crippen molar-refractivity contribution in [2.45, 2.75) is 32.7 Å². The number of fused-ring (bicyclic) bond motifs is 1. The lowest BCUT2D eigenvalue weighted by molar-refractivity contribution is -0.123. The molecule has 0 aliphatic heterocycles. The Morgan fingerprint density at radius 2 is 2.24 bits per heavy atom. The second-order valence-corrected chi connectivity index (χ2v) is 5.10. The van der Waals surface area contributed by atoms with Crippen molar-refractivity contribution in [3.05, 3.63) is 30.5 Å². The Morgan fingerprint density at radius 3 is 3.00 bits per heavy atom. The Hall–Kier alpha value is -2.30. The number of nitrogen functional groups attached to an aromatic ring is 1. The van der Waals surface area contributed by atoms with E-state index in [2.05, 4.69) is 17.2 Å². The number of hydrogen-bond acceptors (Lipinski definition) is 4. The number of ether oxygens (including phenoxy) is 1. The Morgan fingerprint density at radius 1 is 1.43 bits per heavy atom. The van der Waals surface area contributed by atoms with Crippen LogP contribution in [0.25, 0.3) is 10.9 Å².